The molecule has 3 amide bonds. The molecule has 2 aromatic rings. The molecule has 0 aliphatic carbocycles. The van der Waals surface area contributed by atoms with Gasteiger partial charge < -0.3 is 0 Å². The van der Waals surface area contributed by atoms with E-state index in [1.54, 1.807) is 54.8 Å². The number of dihydropyridines is 1. The molecular weight excluding hydrogens is 381 g/mol. The van der Waals surface area contributed by atoms with Crippen LogP contribution in [0, 0.1) is 11.7 Å². The van der Waals surface area contributed by atoms with E-state index in [1.165, 1.54) is 21.6 Å². The van der Waals surface area contributed by atoms with Crippen molar-refractivity contribution in [3.8, 4) is 0 Å². The Morgan fingerprint density at radius 1 is 1.11 bits per heavy atom. The van der Waals surface area contributed by atoms with Crippen LogP contribution in [0.5, 0.6) is 0 Å². The average molecular weight is 397 g/mol. The van der Waals surface area contributed by atoms with Gasteiger partial charge in [-0.25, -0.2) is 9.18 Å². The first-order valence-corrected chi connectivity index (χ1v) is 9.10. The van der Waals surface area contributed by atoms with Gasteiger partial charge in [0.15, 0.2) is 5.92 Å². The molecule has 1 atom stereocenters. The molecule has 2 aromatic carbocycles. The Morgan fingerprint density at radius 2 is 1.89 bits per heavy atom. The Kier molecular flexibility index (Phi) is 4.88. The number of allylic oxidation sites excluding steroid dienone is 1. The molecule has 0 saturated heterocycles. The molecule has 2 heterocycles. The van der Waals surface area contributed by atoms with Crippen LogP contribution in [-0.4, -0.2) is 33.5 Å². The minimum Gasteiger partial charge on any atom is -0.255 e. The lowest BCUT2D eigenvalue weighted by Gasteiger charge is -2.27. The summed E-state index contributed by atoms with van der Waals surface area (Å²) >= 11 is 5.91. The highest BCUT2D eigenvalue weighted by molar-refractivity contribution is 6.30. The molecule has 28 heavy (non-hydrogen) atoms. The van der Waals surface area contributed by atoms with Gasteiger partial charge in [-0.1, -0.05) is 41.9 Å². The first-order valence-electron chi connectivity index (χ1n) is 8.72. The van der Waals surface area contributed by atoms with Crippen LogP contribution in [0.2, 0.25) is 5.02 Å². The molecule has 4 rings (SSSR count). The zero-order valence-electron chi connectivity index (χ0n) is 14.8. The molecule has 2 aliphatic rings. The number of amides is 3. The molecule has 0 saturated carbocycles. The van der Waals surface area contributed by atoms with Gasteiger partial charge in [0.25, 0.3) is 5.84 Å². The first kappa shape index (κ1) is 18.3. The molecule has 140 valence electrons. The van der Waals surface area contributed by atoms with E-state index < -0.39 is 11.9 Å². The summed E-state index contributed by atoms with van der Waals surface area (Å²) in [6.07, 6.45) is 4.94. The maximum absolute atomic E-state index is 13.6. The average Bonchev–Trinajstić information content (AvgIpc) is 2.70. The molecule has 1 unspecified atom stereocenters. The van der Waals surface area contributed by atoms with E-state index in [-0.39, 0.29) is 24.8 Å². The van der Waals surface area contributed by atoms with E-state index in [1.807, 2.05) is 0 Å². The summed E-state index contributed by atoms with van der Waals surface area (Å²) < 4.78 is 15.0. The Balaban J connectivity index is 1.71. The van der Waals surface area contributed by atoms with Gasteiger partial charge in [-0.3, -0.25) is 4.79 Å². The third kappa shape index (κ3) is 3.51. The molecule has 0 radical (unpaired) electrons. The molecule has 0 bridgehead atoms. The van der Waals surface area contributed by atoms with Gasteiger partial charge in [-0.15, -0.1) is 4.99 Å². The van der Waals surface area contributed by atoms with Crippen molar-refractivity contribution in [1.82, 2.24) is 4.90 Å². The zero-order valence-corrected chi connectivity index (χ0v) is 15.5. The van der Waals surface area contributed by atoms with E-state index in [0.29, 0.717) is 16.4 Å². The normalized spacial score (nSPS) is 18.6. The fourth-order valence-corrected chi connectivity index (χ4v) is 3.39. The highest BCUT2D eigenvalue weighted by Gasteiger charge is 2.46. The van der Waals surface area contributed by atoms with Crippen LogP contribution < -0.4 is 0 Å². The van der Waals surface area contributed by atoms with Crippen LogP contribution >= 0.6 is 11.6 Å². The van der Waals surface area contributed by atoms with Gasteiger partial charge in [0.05, 0.1) is 0 Å². The monoisotopic (exact) mass is 396 g/mol. The van der Waals surface area contributed by atoms with E-state index in [0.717, 1.165) is 5.56 Å². The van der Waals surface area contributed by atoms with E-state index >= 15 is 0 Å². The van der Waals surface area contributed by atoms with Gasteiger partial charge >= 0.3 is 11.9 Å². The van der Waals surface area contributed by atoms with E-state index in [9.17, 15) is 14.0 Å². The highest BCUT2D eigenvalue weighted by atomic mass is 35.5. The summed E-state index contributed by atoms with van der Waals surface area (Å²) in [4.78, 5) is 31.5. The minimum absolute atomic E-state index is 0.121. The summed E-state index contributed by atoms with van der Waals surface area (Å²) in [7, 11) is 0. The number of carbonyl (C=O) groups excluding carboxylic acids is 2. The maximum atomic E-state index is 13.6. The maximum Gasteiger partial charge on any atom is 0.446 e. The number of carbonyl (C=O) groups is 2. The molecule has 5 nitrogen and oxygen atoms in total. The van der Waals surface area contributed by atoms with Crippen LogP contribution in [0.1, 0.15) is 11.1 Å². The number of fused-ring (bicyclic) bond motifs is 1. The topological polar surface area (TPSA) is 52.8 Å². The second-order valence-electron chi connectivity index (χ2n) is 6.55. The molecule has 0 aromatic heterocycles. The number of urea groups is 1. The highest BCUT2D eigenvalue weighted by Crippen LogP contribution is 2.23. The molecule has 0 fully saturated rings. The Bertz CT molecular complexity index is 1040. The number of aliphatic imine (C=N–C) groups is 1. The second-order valence-corrected chi connectivity index (χ2v) is 6.98. The summed E-state index contributed by atoms with van der Waals surface area (Å²) in [5, 5.41) is 0.577. The van der Waals surface area contributed by atoms with Crippen molar-refractivity contribution in [2.45, 2.75) is 13.1 Å². The molecule has 2 aliphatic heterocycles. The standard InChI is InChI=1S/C21H16ClFN3O2/c22-16-8-6-14(7-9-16)12-26-20(27)18-5-2-10-24-19(18)25(21(26)28)13-15-3-1-4-17(23)11-15/h1-11,18H,12-13H2/q+1. The van der Waals surface area contributed by atoms with Gasteiger partial charge in [0.2, 0.25) is 0 Å². The van der Waals surface area contributed by atoms with Crippen molar-refractivity contribution in [2.75, 3.05) is 0 Å². The van der Waals surface area contributed by atoms with Crippen molar-refractivity contribution in [3.05, 3.63) is 82.6 Å². The van der Waals surface area contributed by atoms with Crippen molar-refractivity contribution in [1.29, 1.82) is 0 Å². The van der Waals surface area contributed by atoms with Gasteiger partial charge in [-0.05, 0) is 41.5 Å². The van der Waals surface area contributed by atoms with E-state index in [2.05, 4.69) is 4.99 Å². The van der Waals surface area contributed by atoms with E-state index in [4.69, 9.17) is 11.6 Å². The summed E-state index contributed by atoms with van der Waals surface area (Å²) in [6, 6.07) is 12.5. The SMILES string of the molecule is O=C1C2C=CC=NC2=[N+](Cc2cccc(F)c2)C(=O)N1Cc1ccc(Cl)cc1. The quantitative estimate of drug-likeness (QED) is 0.738. The Morgan fingerprint density at radius 3 is 2.64 bits per heavy atom. The van der Waals surface area contributed by atoms with Crippen molar-refractivity contribution in [3.63, 3.8) is 0 Å². The smallest absolute Gasteiger partial charge is 0.255 e. The summed E-state index contributed by atoms with van der Waals surface area (Å²) in [6.45, 7) is 0.244. The van der Waals surface area contributed by atoms with Crippen LogP contribution in [0.15, 0.2) is 65.7 Å². The summed E-state index contributed by atoms with van der Waals surface area (Å²) in [5.74, 6) is -1.01. The third-order valence-corrected chi connectivity index (χ3v) is 4.88. The lowest BCUT2D eigenvalue weighted by Crippen LogP contribution is -2.53. The van der Waals surface area contributed by atoms with Crippen LogP contribution in [0.3, 0.4) is 0 Å². The fourth-order valence-electron chi connectivity index (χ4n) is 3.27. The number of hydrogen-bond acceptors (Lipinski definition) is 3. The van der Waals surface area contributed by atoms with Crippen LogP contribution in [0.25, 0.3) is 0 Å². The fraction of sp³-hybridized carbons (Fsp3) is 0.143. The largest absolute Gasteiger partial charge is 0.446 e. The Hall–Kier alpha value is -3.12. The lowest BCUT2D eigenvalue weighted by atomic mass is 10.0. The third-order valence-electron chi connectivity index (χ3n) is 4.63. The molecular formula is C21H16ClFN3O2+. The number of halogens is 2. The number of benzene rings is 2. The van der Waals surface area contributed by atoms with Gasteiger partial charge in [-0.2, -0.15) is 9.48 Å². The second kappa shape index (κ2) is 7.48. The zero-order chi connectivity index (χ0) is 19.7. The van der Waals surface area contributed by atoms with Crippen molar-refractivity contribution in [2.24, 2.45) is 10.9 Å². The number of hydrogen-bond donors (Lipinski definition) is 0. The Labute approximate surface area is 166 Å². The summed E-state index contributed by atoms with van der Waals surface area (Å²) in [5.41, 5.74) is 1.40. The first-order chi connectivity index (χ1) is 13.5. The van der Waals surface area contributed by atoms with Crippen molar-refractivity contribution >= 4 is 35.6 Å². The molecule has 0 spiro atoms. The number of rotatable bonds is 4. The van der Waals surface area contributed by atoms with Crippen LogP contribution in [0.4, 0.5) is 9.18 Å². The number of imide groups is 1. The molecule has 7 heteroatoms. The predicted molar refractivity (Wildman–Crippen MR) is 104 cm³/mol. The molecule has 0 N–H and O–H groups in total. The van der Waals surface area contributed by atoms with Gasteiger partial charge in [0.1, 0.15) is 25.1 Å². The number of nitrogens with zero attached hydrogens (tertiary/aromatic N) is 3. The van der Waals surface area contributed by atoms with Crippen molar-refractivity contribution < 1.29 is 18.6 Å². The lowest BCUT2D eigenvalue weighted by molar-refractivity contribution is -0.458. The van der Waals surface area contributed by atoms with Crippen LogP contribution in [-0.2, 0) is 17.9 Å². The predicted octanol–water partition coefficient (Wildman–Crippen LogP) is 3.81. The number of amidine groups is 1. The van der Waals surface area contributed by atoms with Gasteiger partial charge in [0, 0.05) is 5.02 Å². The minimum atomic E-state index is -0.649.